The number of nitrogens with zero attached hydrogens (tertiary/aromatic N) is 4. The van der Waals surface area contributed by atoms with Crippen molar-refractivity contribution in [2.75, 3.05) is 37.6 Å². The van der Waals surface area contributed by atoms with E-state index in [0.29, 0.717) is 37.3 Å². The van der Waals surface area contributed by atoms with Gasteiger partial charge < -0.3 is 9.80 Å². The van der Waals surface area contributed by atoms with Gasteiger partial charge in [-0.1, -0.05) is 23.5 Å². The number of amides is 3. The van der Waals surface area contributed by atoms with Crippen molar-refractivity contribution in [2.24, 2.45) is 0 Å². The van der Waals surface area contributed by atoms with Crippen LogP contribution in [-0.2, 0) is 4.79 Å². The number of thiazole rings is 1. The summed E-state index contributed by atoms with van der Waals surface area (Å²) in [7, 11) is 0. The largest absolute Gasteiger partial charge is 0.345 e. The lowest BCUT2D eigenvalue weighted by atomic mass is 10.1. The third-order valence-electron chi connectivity index (χ3n) is 5.41. The maximum absolute atomic E-state index is 13.4. The molecule has 9 heteroatoms. The van der Waals surface area contributed by atoms with Crippen molar-refractivity contribution in [3.8, 4) is 0 Å². The Kier molecular flexibility index (Phi) is 4.47. The van der Waals surface area contributed by atoms with Crippen LogP contribution in [0.1, 0.15) is 20.7 Å². The Balaban J connectivity index is 1.23. The van der Waals surface area contributed by atoms with Gasteiger partial charge in [0.2, 0.25) is 5.91 Å². The highest BCUT2D eigenvalue weighted by atomic mass is 32.1. The number of halogens is 1. The second-order valence-corrected chi connectivity index (χ2v) is 8.23. The lowest BCUT2D eigenvalue weighted by Crippen LogP contribution is -2.51. The molecule has 0 radical (unpaired) electrons. The monoisotopic (exact) mass is 424 g/mol. The predicted molar refractivity (Wildman–Crippen MR) is 110 cm³/mol. The second-order valence-electron chi connectivity index (χ2n) is 7.22. The molecule has 7 nitrogen and oxygen atoms in total. The fourth-order valence-corrected chi connectivity index (χ4v) is 4.83. The maximum atomic E-state index is 13.4. The Morgan fingerprint density at radius 2 is 1.67 bits per heavy atom. The second kappa shape index (κ2) is 7.17. The van der Waals surface area contributed by atoms with Gasteiger partial charge in [0, 0.05) is 26.2 Å². The van der Waals surface area contributed by atoms with E-state index in [1.165, 1.54) is 23.5 Å². The van der Waals surface area contributed by atoms with Gasteiger partial charge in [-0.3, -0.25) is 19.3 Å². The summed E-state index contributed by atoms with van der Waals surface area (Å²) >= 11 is 1.42. The van der Waals surface area contributed by atoms with Crippen LogP contribution in [0.15, 0.2) is 42.5 Å². The molecule has 0 unspecified atom stereocenters. The number of hydrogen-bond acceptors (Lipinski definition) is 6. The van der Waals surface area contributed by atoms with Gasteiger partial charge in [-0.15, -0.1) is 0 Å². The molecule has 3 heterocycles. The van der Waals surface area contributed by atoms with Gasteiger partial charge in [0.05, 0.1) is 21.3 Å². The summed E-state index contributed by atoms with van der Waals surface area (Å²) in [6.45, 7) is 1.83. The molecule has 30 heavy (non-hydrogen) atoms. The maximum Gasteiger partial charge on any atom is 0.262 e. The predicted octanol–water partition coefficient (Wildman–Crippen LogP) is 2.38. The molecule has 3 amide bonds. The lowest BCUT2D eigenvalue weighted by Gasteiger charge is -2.35. The van der Waals surface area contributed by atoms with Crippen molar-refractivity contribution in [2.45, 2.75) is 0 Å². The van der Waals surface area contributed by atoms with Crippen LogP contribution >= 0.6 is 11.3 Å². The van der Waals surface area contributed by atoms with Crippen LogP contribution in [0.4, 0.5) is 9.52 Å². The zero-order valence-electron chi connectivity index (χ0n) is 15.9. The first-order valence-electron chi connectivity index (χ1n) is 9.55. The van der Waals surface area contributed by atoms with Crippen LogP contribution in [-0.4, -0.2) is 65.2 Å². The Morgan fingerprint density at radius 1 is 1.00 bits per heavy atom. The van der Waals surface area contributed by atoms with E-state index < -0.39 is 11.8 Å². The number of piperazine rings is 1. The van der Waals surface area contributed by atoms with Crippen molar-refractivity contribution < 1.29 is 18.8 Å². The molecule has 0 atom stereocenters. The van der Waals surface area contributed by atoms with E-state index in [4.69, 9.17) is 0 Å². The first-order valence-corrected chi connectivity index (χ1v) is 10.4. The van der Waals surface area contributed by atoms with E-state index in [1.807, 2.05) is 0 Å². The van der Waals surface area contributed by atoms with Crippen LogP contribution in [0.3, 0.4) is 0 Å². The molecular formula is C21H17FN4O3S. The highest BCUT2D eigenvalue weighted by Gasteiger charge is 2.37. The van der Waals surface area contributed by atoms with E-state index in [9.17, 15) is 18.8 Å². The Labute approximate surface area is 175 Å². The first kappa shape index (κ1) is 18.7. The van der Waals surface area contributed by atoms with Crippen LogP contribution in [0, 0.1) is 5.82 Å². The molecule has 3 aromatic rings. The molecular weight excluding hydrogens is 407 g/mol. The Bertz CT molecular complexity index is 1150. The van der Waals surface area contributed by atoms with Crippen molar-refractivity contribution in [1.29, 1.82) is 0 Å². The minimum atomic E-state index is -0.427. The number of rotatable bonds is 3. The molecule has 2 aliphatic heterocycles. The van der Waals surface area contributed by atoms with Gasteiger partial charge in [-0.25, -0.2) is 9.37 Å². The number of benzene rings is 2. The standard InChI is InChI=1S/C21H17FN4O3S/c22-13-5-6-16-17(11-13)30-21(23-16)25-9-7-24(8-10-25)18(27)12-26-19(28)14-3-1-2-4-15(14)20(26)29/h1-6,11H,7-10,12H2. The third-order valence-corrected chi connectivity index (χ3v) is 6.49. The van der Waals surface area contributed by atoms with Crippen molar-refractivity contribution in [3.05, 3.63) is 59.4 Å². The molecule has 0 saturated carbocycles. The van der Waals surface area contributed by atoms with E-state index in [2.05, 4.69) is 9.88 Å². The molecule has 0 bridgehead atoms. The average molecular weight is 424 g/mol. The normalized spacial score (nSPS) is 16.5. The van der Waals surface area contributed by atoms with Gasteiger partial charge in [0.1, 0.15) is 12.4 Å². The molecule has 2 aliphatic rings. The number of hydrogen-bond donors (Lipinski definition) is 0. The van der Waals surface area contributed by atoms with Crippen LogP contribution in [0.25, 0.3) is 10.2 Å². The smallest absolute Gasteiger partial charge is 0.262 e. The number of imide groups is 1. The zero-order chi connectivity index (χ0) is 20.8. The molecule has 0 spiro atoms. The van der Waals surface area contributed by atoms with Gasteiger partial charge >= 0.3 is 0 Å². The molecule has 1 fully saturated rings. The van der Waals surface area contributed by atoms with E-state index >= 15 is 0 Å². The lowest BCUT2D eigenvalue weighted by molar-refractivity contribution is -0.131. The SMILES string of the molecule is O=C(CN1C(=O)c2ccccc2C1=O)N1CCN(c2nc3ccc(F)cc3s2)CC1. The van der Waals surface area contributed by atoms with E-state index in [-0.39, 0.29) is 18.3 Å². The molecule has 2 aromatic carbocycles. The Morgan fingerprint density at radius 3 is 2.33 bits per heavy atom. The number of fused-ring (bicyclic) bond motifs is 2. The van der Waals surface area contributed by atoms with Crippen molar-refractivity contribution in [1.82, 2.24) is 14.8 Å². The van der Waals surface area contributed by atoms with Gasteiger partial charge in [-0.2, -0.15) is 0 Å². The van der Waals surface area contributed by atoms with E-state index in [1.54, 1.807) is 35.2 Å². The average Bonchev–Trinajstić information content (AvgIpc) is 3.28. The highest BCUT2D eigenvalue weighted by molar-refractivity contribution is 7.22. The first-order chi connectivity index (χ1) is 14.5. The fourth-order valence-electron chi connectivity index (χ4n) is 3.79. The molecule has 1 saturated heterocycles. The molecule has 1 aromatic heterocycles. The third kappa shape index (κ3) is 3.11. The van der Waals surface area contributed by atoms with Crippen molar-refractivity contribution in [3.63, 3.8) is 0 Å². The summed E-state index contributed by atoms with van der Waals surface area (Å²) in [6.07, 6.45) is 0. The minimum Gasteiger partial charge on any atom is -0.345 e. The van der Waals surface area contributed by atoms with Crippen LogP contribution in [0.5, 0.6) is 0 Å². The summed E-state index contributed by atoms with van der Waals surface area (Å²) in [5, 5.41) is 0.794. The summed E-state index contributed by atoms with van der Waals surface area (Å²) in [5.41, 5.74) is 1.43. The van der Waals surface area contributed by atoms with Gasteiger partial charge in [0.15, 0.2) is 5.13 Å². The fraction of sp³-hybridized carbons (Fsp3) is 0.238. The molecule has 0 aliphatic carbocycles. The highest BCUT2D eigenvalue weighted by Crippen LogP contribution is 2.30. The number of aromatic nitrogens is 1. The molecule has 5 rings (SSSR count). The number of anilines is 1. The quantitative estimate of drug-likeness (QED) is 0.604. The summed E-state index contributed by atoms with van der Waals surface area (Å²) in [5.74, 6) is -1.40. The van der Waals surface area contributed by atoms with E-state index in [0.717, 1.165) is 20.2 Å². The minimum absolute atomic E-state index is 0.254. The summed E-state index contributed by atoms with van der Waals surface area (Å²) in [4.78, 5) is 46.9. The molecule has 152 valence electrons. The topological polar surface area (TPSA) is 73.8 Å². The zero-order valence-corrected chi connectivity index (χ0v) is 16.7. The summed E-state index contributed by atoms with van der Waals surface area (Å²) < 4.78 is 14.2. The van der Waals surface area contributed by atoms with Crippen LogP contribution < -0.4 is 4.90 Å². The summed E-state index contributed by atoms with van der Waals surface area (Å²) in [6, 6.07) is 11.1. The van der Waals surface area contributed by atoms with Gasteiger partial charge in [0.25, 0.3) is 11.8 Å². The number of carbonyl (C=O) groups is 3. The van der Waals surface area contributed by atoms with Gasteiger partial charge in [-0.05, 0) is 30.3 Å². The molecule has 0 N–H and O–H groups in total. The Hall–Kier alpha value is -3.33. The number of carbonyl (C=O) groups excluding carboxylic acids is 3. The van der Waals surface area contributed by atoms with Crippen molar-refractivity contribution >= 4 is 44.4 Å². The van der Waals surface area contributed by atoms with Crippen LogP contribution in [0.2, 0.25) is 0 Å².